The van der Waals surface area contributed by atoms with Crippen LogP contribution in [0.15, 0.2) is 54.6 Å². The topological polar surface area (TPSA) is 24.5 Å². The largest absolute Gasteiger partial charge is 0.456 e. The van der Waals surface area contributed by atoms with Crippen molar-refractivity contribution in [2.45, 2.75) is 6.92 Å². The van der Waals surface area contributed by atoms with E-state index < -0.39 is 0 Å². The summed E-state index contributed by atoms with van der Waals surface area (Å²) in [6, 6.07) is 15.7. The molecule has 1 heterocycles. The van der Waals surface area contributed by atoms with Crippen molar-refractivity contribution in [3.05, 3.63) is 65.2 Å². The minimum atomic E-state index is 0.619. The Bertz CT molecular complexity index is 691. The number of halogens is 1. The maximum atomic E-state index is 6.13. The van der Waals surface area contributed by atoms with Gasteiger partial charge in [0.15, 0.2) is 0 Å². The molecule has 1 saturated heterocycles. The molecule has 0 aromatic heterocycles. The molecule has 0 unspecified atom stereocenters. The van der Waals surface area contributed by atoms with Gasteiger partial charge in [-0.2, -0.15) is 0 Å². The molecule has 2 aromatic rings. The summed E-state index contributed by atoms with van der Waals surface area (Å²) in [5.41, 5.74) is 2.51. The summed E-state index contributed by atoms with van der Waals surface area (Å²) >= 11 is 6.13. The lowest BCUT2D eigenvalue weighted by Gasteiger charge is -2.26. The van der Waals surface area contributed by atoms with Crippen LogP contribution < -0.4 is 10.1 Å². The number of ether oxygens (including phenoxy) is 1. The predicted octanol–water partition coefficient (Wildman–Crippen LogP) is 4.44. The average molecular weight is 343 g/mol. The average Bonchev–Trinajstić information content (AvgIpc) is 2.63. The quantitative estimate of drug-likeness (QED) is 0.869. The molecule has 1 fully saturated rings. The molecule has 126 valence electrons. The minimum absolute atomic E-state index is 0.619. The molecule has 1 aliphatic rings. The molecule has 2 aromatic carbocycles. The van der Waals surface area contributed by atoms with E-state index in [4.69, 9.17) is 16.3 Å². The highest BCUT2D eigenvalue weighted by atomic mass is 35.5. The SMILES string of the molecule is CC(=CCN1CCNCC1)c1ccc(Oc2ccccc2Cl)cc1. The molecule has 24 heavy (non-hydrogen) atoms. The smallest absolute Gasteiger partial charge is 0.146 e. The molecule has 3 nitrogen and oxygen atoms in total. The fourth-order valence-corrected chi connectivity index (χ4v) is 2.89. The summed E-state index contributed by atoms with van der Waals surface area (Å²) in [6.45, 7) is 7.57. The van der Waals surface area contributed by atoms with E-state index in [9.17, 15) is 0 Å². The third-order valence-electron chi connectivity index (χ3n) is 4.24. The zero-order chi connectivity index (χ0) is 16.8. The van der Waals surface area contributed by atoms with Crippen LogP contribution in [0.1, 0.15) is 12.5 Å². The number of piperazine rings is 1. The summed E-state index contributed by atoms with van der Waals surface area (Å²) < 4.78 is 5.83. The summed E-state index contributed by atoms with van der Waals surface area (Å²) in [5.74, 6) is 1.47. The number of hydrogen-bond acceptors (Lipinski definition) is 3. The van der Waals surface area contributed by atoms with Crippen molar-refractivity contribution >= 4 is 17.2 Å². The second-order valence-corrected chi connectivity index (χ2v) is 6.40. The first kappa shape index (κ1) is 17.0. The third kappa shape index (κ3) is 4.60. The van der Waals surface area contributed by atoms with Crippen molar-refractivity contribution in [3.63, 3.8) is 0 Å². The molecule has 0 saturated carbocycles. The number of allylic oxidation sites excluding steroid dienone is 1. The summed E-state index contributed by atoms with van der Waals surface area (Å²) in [6.07, 6.45) is 2.30. The van der Waals surface area contributed by atoms with Crippen molar-refractivity contribution in [2.75, 3.05) is 32.7 Å². The first-order chi connectivity index (χ1) is 11.7. The molecule has 0 spiro atoms. The van der Waals surface area contributed by atoms with Crippen molar-refractivity contribution in [2.24, 2.45) is 0 Å². The molecule has 3 rings (SSSR count). The van der Waals surface area contributed by atoms with Gasteiger partial charge in [-0.3, -0.25) is 4.90 Å². The maximum absolute atomic E-state index is 6.13. The Morgan fingerprint density at radius 1 is 1.12 bits per heavy atom. The molecular formula is C20H23ClN2O. The van der Waals surface area contributed by atoms with Crippen molar-refractivity contribution in [1.82, 2.24) is 10.2 Å². The molecule has 0 aliphatic carbocycles. The van der Waals surface area contributed by atoms with Gasteiger partial charge in [0.25, 0.3) is 0 Å². The van der Waals surface area contributed by atoms with Gasteiger partial charge in [-0.1, -0.05) is 41.9 Å². The minimum Gasteiger partial charge on any atom is -0.456 e. The first-order valence-corrected chi connectivity index (χ1v) is 8.73. The molecule has 0 atom stereocenters. The second-order valence-electron chi connectivity index (χ2n) is 5.99. The fraction of sp³-hybridized carbons (Fsp3) is 0.300. The van der Waals surface area contributed by atoms with Gasteiger partial charge in [0.05, 0.1) is 5.02 Å². The molecule has 1 N–H and O–H groups in total. The molecule has 1 aliphatic heterocycles. The van der Waals surface area contributed by atoms with E-state index in [1.54, 1.807) is 0 Å². The number of hydrogen-bond donors (Lipinski definition) is 1. The normalized spacial score (nSPS) is 16.2. The Balaban J connectivity index is 1.62. The molecular weight excluding hydrogens is 320 g/mol. The van der Waals surface area contributed by atoms with Gasteiger partial charge in [-0.05, 0) is 42.3 Å². The summed E-state index contributed by atoms with van der Waals surface area (Å²) in [7, 11) is 0. The van der Waals surface area contributed by atoms with Gasteiger partial charge in [-0.15, -0.1) is 0 Å². The van der Waals surface area contributed by atoms with E-state index >= 15 is 0 Å². The lowest BCUT2D eigenvalue weighted by molar-refractivity contribution is 0.265. The van der Waals surface area contributed by atoms with Crippen LogP contribution in [-0.4, -0.2) is 37.6 Å². The lowest BCUT2D eigenvalue weighted by atomic mass is 10.1. The van der Waals surface area contributed by atoms with Crippen LogP contribution in [0.3, 0.4) is 0 Å². The van der Waals surface area contributed by atoms with Gasteiger partial charge in [0, 0.05) is 32.7 Å². The van der Waals surface area contributed by atoms with Crippen LogP contribution in [0.25, 0.3) is 5.57 Å². The Hall–Kier alpha value is -1.81. The number of rotatable bonds is 5. The maximum Gasteiger partial charge on any atom is 0.146 e. The van der Waals surface area contributed by atoms with Gasteiger partial charge in [0.1, 0.15) is 11.5 Å². The highest BCUT2D eigenvalue weighted by molar-refractivity contribution is 6.32. The molecule has 0 radical (unpaired) electrons. The third-order valence-corrected chi connectivity index (χ3v) is 4.55. The monoisotopic (exact) mass is 342 g/mol. The Labute approximate surface area is 148 Å². The van der Waals surface area contributed by atoms with Crippen molar-refractivity contribution in [1.29, 1.82) is 0 Å². The van der Waals surface area contributed by atoms with Crippen LogP contribution in [0.4, 0.5) is 0 Å². The molecule has 0 bridgehead atoms. The zero-order valence-corrected chi connectivity index (χ0v) is 14.7. The predicted molar refractivity (Wildman–Crippen MR) is 101 cm³/mol. The summed E-state index contributed by atoms with van der Waals surface area (Å²) in [5, 5.41) is 4.00. The second kappa shape index (κ2) is 8.34. The lowest BCUT2D eigenvalue weighted by Crippen LogP contribution is -2.43. The highest BCUT2D eigenvalue weighted by Gasteiger charge is 2.08. The number of benzene rings is 2. The fourth-order valence-electron chi connectivity index (χ4n) is 2.72. The Morgan fingerprint density at radius 2 is 1.83 bits per heavy atom. The number of nitrogens with one attached hydrogen (secondary N) is 1. The Kier molecular flexibility index (Phi) is 5.91. The highest BCUT2D eigenvalue weighted by Crippen LogP contribution is 2.29. The molecule has 4 heteroatoms. The first-order valence-electron chi connectivity index (χ1n) is 8.35. The molecule has 0 amide bonds. The van der Waals surface area contributed by atoms with E-state index in [1.165, 1.54) is 11.1 Å². The van der Waals surface area contributed by atoms with Crippen LogP contribution in [0.5, 0.6) is 11.5 Å². The van der Waals surface area contributed by atoms with Crippen LogP contribution in [0, 0.1) is 0 Å². The standard InChI is InChI=1S/C20H23ClN2O/c1-16(10-13-23-14-11-22-12-15-23)17-6-8-18(9-7-17)24-20-5-3-2-4-19(20)21/h2-10,22H,11-15H2,1H3. The Morgan fingerprint density at radius 3 is 2.54 bits per heavy atom. The zero-order valence-electron chi connectivity index (χ0n) is 14.0. The van der Waals surface area contributed by atoms with Crippen molar-refractivity contribution in [3.8, 4) is 11.5 Å². The van der Waals surface area contributed by atoms with Gasteiger partial charge >= 0.3 is 0 Å². The van der Waals surface area contributed by atoms with Crippen LogP contribution in [0.2, 0.25) is 5.02 Å². The van der Waals surface area contributed by atoms with Crippen LogP contribution in [-0.2, 0) is 0 Å². The number of nitrogens with zero attached hydrogens (tertiary/aromatic N) is 1. The van der Waals surface area contributed by atoms with Gasteiger partial charge < -0.3 is 10.1 Å². The van der Waals surface area contributed by atoms with E-state index in [0.29, 0.717) is 10.8 Å². The number of para-hydroxylation sites is 1. The van der Waals surface area contributed by atoms with E-state index in [0.717, 1.165) is 38.5 Å². The summed E-state index contributed by atoms with van der Waals surface area (Å²) in [4.78, 5) is 2.47. The van der Waals surface area contributed by atoms with Crippen LogP contribution >= 0.6 is 11.6 Å². The van der Waals surface area contributed by atoms with Gasteiger partial charge in [0.2, 0.25) is 0 Å². The van der Waals surface area contributed by atoms with E-state index in [-0.39, 0.29) is 0 Å². The van der Waals surface area contributed by atoms with E-state index in [1.807, 2.05) is 36.4 Å². The van der Waals surface area contributed by atoms with Gasteiger partial charge in [-0.25, -0.2) is 0 Å². The van der Waals surface area contributed by atoms with E-state index in [2.05, 4.69) is 35.3 Å². The van der Waals surface area contributed by atoms with Crippen molar-refractivity contribution < 1.29 is 4.74 Å².